The first-order valence-corrected chi connectivity index (χ1v) is 9.54. The lowest BCUT2D eigenvalue weighted by Crippen LogP contribution is -2.35. The van der Waals surface area contributed by atoms with Crippen molar-refractivity contribution in [2.75, 3.05) is 11.5 Å². The number of carbonyl (C=O) groups is 2. The summed E-state index contributed by atoms with van der Waals surface area (Å²) in [5.74, 6) is -1.69. The molecule has 0 radical (unpaired) electrons. The first-order valence-electron chi connectivity index (χ1n) is 8.72. The summed E-state index contributed by atoms with van der Waals surface area (Å²) in [6.45, 7) is 6.50. The minimum Gasteiger partial charge on any atom is -0.462 e. The number of aryl methyl sites for hydroxylation is 1. The molecule has 11 heteroatoms. The molecule has 0 saturated heterocycles. The quantitative estimate of drug-likeness (QED) is 0.514. The van der Waals surface area contributed by atoms with E-state index in [1.165, 1.54) is 19.1 Å². The molecule has 0 aliphatic rings. The van der Waals surface area contributed by atoms with Gasteiger partial charge in [0.05, 0.1) is 12.8 Å². The number of esters is 1. The fraction of sp³-hybridized carbons (Fsp3) is 0.444. The van der Waals surface area contributed by atoms with Crippen LogP contribution in [-0.2, 0) is 22.8 Å². The fourth-order valence-electron chi connectivity index (χ4n) is 2.43. The molecule has 7 nitrogen and oxygen atoms in total. The third-order valence-corrected chi connectivity index (χ3v) is 5.02. The molecular weight excluding hydrogens is 409 g/mol. The predicted molar refractivity (Wildman–Crippen MR) is 103 cm³/mol. The van der Waals surface area contributed by atoms with Crippen molar-refractivity contribution in [2.24, 2.45) is 7.05 Å². The SMILES string of the molecule is CCOC(=O)c1sc(N(C(=O)C=Cc2cnn(C)c2C)C(C)C)nc1C(F)(F)F. The molecule has 0 spiro atoms. The van der Waals surface area contributed by atoms with E-state index in [0.29, 0.717) is 16.9 Å². The third kappa shape index (κ3) is 5.03. The molecule has 0 saturated carbocycles. The molecule has 0 bridgehead atoms. The number of thiazole rings is 1. The second kappa shape index (κ2) is 8.76. The molecule has 2 aromatic rings. The smallest absolute Gasteiger partial charge is 0.435 e. The number of anilines is 1. The summed E-state index contributed by atoms with van der Waals surface area (Å²) in [6.07, 6.45) is -0.513. The van der Waals surface area contributed by atoms with Gasteiger partial charge in [-0.05, 0) is 33.8 Å². The van der Waals surface area contributed by atoms with Crippen LogP contribution >= 0.6 is 11.3 Å². The van der Waals surface area contributed by atoms with Gasteiger partial charge in [0.2, 0.25) is 0 Å². The highest BCUT2D eigenvalue weighted by molar-refractivity contribution is 7.17. The maximum atomic E-state index is 13.4. The second-order valence-electron chi connectivity index (χ2n) is 6.34. The number of carbonyl (C=O) groups excluding carboxylic acids is 2. The Labute approximate surface area is 169 Å². The molecule has 29 heavy (non-hydrogen) atoms. The van der Waals surface area contributed by atoms with Crippen LogP contribution in [0.2, 0.25) is 0 Å². The summed E-state index contributed by atoms with van der Waals surface area (Å²) in [6, 6.07) is -0.496. The van der Waals surface area contributed by atoms with Crippen LogP contribution in [0.25, 0.3) is 6.08 Å². The molecule has 0 aromatic carbocycles. The number of amides is 1. The average Bonchev–Trinajstić information content (AvgIpc) is 3.18. The van der Waals surface area contributed by atoms with Crippen LogP contribution in [0.15, 0.2) is 12.3 Å². The summed E-state index contributed by atoms with van der Waals surface area (Å²) in [5.41, 5.74) is 0.164. The number of rotatable bonds is 6. The lowest BCUT2D eigenvalue weighted by molar-refractivity contribution is -0.141. The summed E-state index contributed by atoms with van der Waals surface area (Å²) in [5, 5.41) is 3.84. The first kappa shape index (κ1) is 22.6. The molecule has 0 atom stereocenters. The van der Waals surface area contributed by atoms with E-state index >= 15 is 0 Å². The molecule has 0 fully saturated rings. The van der Waals surface area contributed by atoms with Crippen LogP contribution in [-0.4, -0.2) is 39.3 Å². The highest BCUT2D eigenvalue weighted by Gasteiger charge is 2.41. The van der Waals surface area contributed by atoms with Crippen molar-refractivity contribution < 1.29 is 27.5 Å². The fourth-order valence-corrected chi connectivity index (χ4v) is 3.55. The van der Waals surface area contributed by atoms with E-state index in [4.69, 9.17) is 4.74 Å². The van der Waals surface area contributed by atoms with Gasteiger partial charge in [0.25, 0.3) is 5.91 Å². The van der Waals surface area contributed by atoms with Gasteiger partial charge in [-0.3, -0.25) is 14.4 Å². The minimum absolute atomic E-state index is 0.0800. The van der Waals surface area contributed by atoms with Gasteiger partial charge in [0.15, 0.2) is 10.8 Å². The summed E-state index contributed by atoms with van der Waals surface area (Å²) in [7, 11) is 1.75. The van der Waals surface area contributed by atoms with Crippen LogP contribution in [0.5, 0.6) is 0 Å². The van der Waals surface area contributed by atoms with Crippen molar-refractivity contribution in [3.63, 3.8) is 0 Å². The number of aromatic nitrogens is 3. The Balaban J connectivity index is 2.43. The molecule has 0 N–H and O–H groups in total. The van der Waals surface area contributed by atoms with E-state index in [2.05, 4.69) is 10.1 Å². The summed E-state index contributed by atoms with van der Waals surface area (Å²) >= 11 is 0.477. The highest BCUT2D eigenvalue weighted by Crippen LogP contribution is 2.38. The van der Waals surface area contributed by atoms with Crippen LogP contribution in [0.3, 0.4) is 0 Å². The molecule has 0 aliphatic carbocycles. The Morgan fingerprint density at radius 1 is 1.38 bits per heavy atom. The van der Waals surface area contributed by atoms with Gasteiger partial charge >= 0.3 is 12.1 Å². The Hall–Kier alpha value is -2.69. The van der Waals surface area contributed by atoms with Gasteiger partial charge in [-0.2, -0.15) is 18.3 Å². The maximum absolute atomic E-state index is 13.4. The highest BCUT2D eigenvalue weighted by atomic mass is 32.1. The molecule has 1 amide bonds. The number of halogens is 3. The Bertz CT molecular complexity index is 931. The van der Waals surface area contributed by atoms with Crippen LogP contribution in [0.1, 0.15) is 47.4 Å². The molecule has 158 valence electrons. The van der Waals surface area contributed by atoms with Crippen LogP contribution in [0, 0.1) is 6.92 Å². The standard InChI is InChI=1S/C18H21F3N4O3S/c1-6-28-16(27)14-15(18(19,20)21)23-17(29-14)25(10(2)3)13(26)8-7-12-9-22-24(5)11(12)4/h7-10H,6H2,1-5H3. The van der Waals surface area contributed by atoms with Crippen molar-refractivity contribution >= 4 is 34.4 Å². The van der Waals surface area contributed by atoms with Crippen molar-refractivity contribution in [2.45, 2.75) is 39.9 Å². The minimum atomic E-state index is -4.86. The molecular formula is C18H21F3N4O3S. The van der Waals surface area contributed by atoms with Crippen molar-refractivity contribution in [1.82, 2.24) is 14.8 Å². The van der Waals surface area contributed by atoms with E-state index in [-0.39, 0.29) is 11.7 Å². The van der Waals surface area contributed by atoms with E-state index < -0.39 is 34.7 Å². The number of alkyl halides is 3. The number of hydrogen-bond donors (Lipinski definition) is 0. The molecule has 2 heterocycles. The Morgan fingerprint density at radius 3 is 2.52 bits per heavy atom. The number of nitrogens with zero attached hydrogens (tertiary/aromatic N) is 4. The molecule has 0 aliphatic heterocycles. The lowest BCUT2D eigenvalue weighted by Gasteiger charge is -2.22. The van der Waals surface area contributed by atoms with E-state index in [9.17, 15) is 22.8 Å². The van der Waals surface area contributed by atoms with Crippen molar-refractivity contribution in [3.05, 3.63) is 34.1 Å². The molecule has 2 rings (SSSR count). The van der Waals surface area contributed by atoms with Gasteiger partial charge in [0, 0.05) is 30.4 Å². The zero-order chi connectivity index (χ0) is 21.9. The second-order valence-corrected chi connectivity index (χ2v) is 7.31. The van der Waals surface area contributed by atoms with Gasteiger partial charge in [-0.1, -0.05) is 11.3 Å². The monoisotopic (exact) mass is 430 g/mol. The third-order valence-electron chi connectivity index (χ3n) is 3.98. The van der Waals surface area contributed by atoms with E-state index in [1.54, 1.807) is 31.8 Å². The van der Waals surface area contributed by atoms with Gasteiger partial charge in [-0.15, -0.1) is 0 Å². The first-order chi connectivity index (χ1) is 13.5. The predicted octanol–water partition coefficient (Wildman–Crippen LogP) is 3.84. The van der Waals surface area contributed by atoms with Crippen LogP contribution in [0.4, 0.5) is 18.3 Å². The Kier molecular flexibility index (Phi) is 6.83. The Morgan fingerprint density at radius 2 is 2.03 bits per heavy atom. The van der Waals surface area contributed by atoms with Crippen molar-refractivity contribution in [1.29, 1.82) is 0 Å². The van der Waals surface area contributed by atoms with Gasteiger partial charge in [0.1, 0.15) is 4.88 Å². The molecule has 0 unspecified atom stereocenters. The van der Waals surface area contributed by atoms with Crippen LogP contribution < -0.4 is 4.90 Å². The topological polar surface area (TPSA) is 77.3 Å². The zero-order valence-electron chi connectivity index (χ0n) is 16.6. The largest absolute Gasteiger partial charge is 0.462 e. The number of ether oxygens (including phenoxy) is 1. The summed E-state index contributed by atoms with van der Waals surface area (Å²) < 4.78 is 46.4. The zero-order valence-corrected chi connectivity index (χ0v) is 17.4. The lowest BCUT2D eigenvalue weighted by atomic mass is 10.2. The average molecular weight is 430 g/mol. The van der Waals surface area contributed by atoms with E-state index in [1.807, 2.05) is 6.92 Å². The van der Waals surface area contributed by atoms with Gasteiger partial charge in [-0.25, -0.2) is 9.78 Å². The maximum Gasteiger partial charge on any atom is 0.435 e. The van der Waals surface area contributed by atoms with E-state index in [0.717, 1.165) is 10.6 Å². The normalized spacial score (nSPS) is 12.0. The summed E-state index contributed by atoms with van der Waals surface area (Å²) in [4.78, 5) is 28.7. The van der Waals surface area contributed by atoms with Gasteiger partial charge < -0.3 is 4.74 Å². The van der Waals surface area contributed by atoms with Crippen molar-refractivity contribution in [3.8, 4) is 0 Å². The number of hydrogen-bond acceptors (Lipinski definition) is 6. The molecule has 2 aromatic heterocycles.